The summed E-state index contributed by atoms with van der Waals surface area (Å²) >= 11 is 5.64. The summed E-state index contributed by atoms with van der Waals surface area (Å²) in [6, 6.07) is 2.67. The van der Waals surface area contributed by atoms with E-state index in [1.807, 2.05) is 0 Å². The molecule has 4 rings (SSSR count). The van der Waals surface area contributed by atoms with Crippen LogP contribution in [0, 0.1) is 11.8 Å². The molecular formula is C20H15ClF3NO7. The molecule has 0 unspecified atom stereocenters. The number of ether oxygens (including phenoxy) is 3. The topological polar surface area (TPSA) is 99.2 Å². The molecule has 0 saturated carbocycles. The number of nitrogens with zero attached hydrogens (tertiary/aromatic N) is 1. The predicted molar refractivity (Wildman–Crippen MR) is 100.0 cm³/mol. The van der Waals surface area contributed by atoms with Gasteiger partial charge in [-0.2, -0.15) is 13.2 Å². The summed E-state index contributed by atoms with van der Waals surface area (Å²) in [6.07, 6.45) is -4.59. The number of carbonyl (C=O) groups is 4. The van der Waals surface area contributed by atoms with Crippen LogP contribution in [0.15, 0.2) is 30.4 Å². The van der Waals surface area contributed by atoms with Gasteiger partial charge in [0.1, 0.15) is 0 Å². The minimum Gasteiger partial charge on any atom is -0.422 e. The van der Waals surface area contributed by atoms with Crippen molar-refractivity contribution in [3.63, 3.8) is 0 Å². The normalized spacial score (nSPS) is 28.5. The van der Waals surface area contributed by atoms with Crippen molar-refractivity contribution in [3.8, 4) is 0 Å². The zero-order chi connectivity index (χ0) is 23.6. The lowest BCUT2D eigenvalue weighted by Gasteiger charge is -2.34. The van der Waals surface area contributed by atoms with Gasteiger partial charge in [-0.3, -0.25) is 19.2 Å². The third-order valence-corrected chi connectivity index (χ3v) is 5.84. The summed E-state index contributed by atoms with van der Waals surface area (Å²) in [7, 11) is 0. The molecule has 3 aliphatic rings. The molecule has 0 aliphatic carbocycles. The fraction of sp³-hybridized carbons (Fsp3) is 0.400. The predicted octanol–water partition coefficient (Wildman–Crippen LogP) is 2.62. The molecule has 0 aromatic heterocycles. The second kappa shape index (κ2) is 7.31. The van der Waals surface area contributed by atoms with Crippen LogP contribution in [0.25, 0.3) is 0 Å². The highest BCUT2D eigenvalue weighted by Gasteiger charge is 2.72. The van der Waals surface area contributed by atoms with Gasteiger partial charge in [-0.25, -0.2) is 4.90 Å². The molecule has 2 bridgehead atoms. The Morgan fingerprint density at radius 1 is 1.16 bits per heavy atom. The molecule has 2 fully saturated rings. The Labute approximate surface area is 183 Å². The second-order valence-corrected chi connectivity index (χ2v) is 7.93. The first-order valence-electron chi connectivity index (χ1n) is 9.33. The lowest BCUT2D eigenvalue weighted by Crippen LogP contribution is -2.52. The van der Waals surface area contributed by atoms with Gasteiger partial charge in [0.15, 0.2) is 5.60 Å². The zero-order valence-electron chi connectivity index (χ0n) is 16.5. The number of anilines is 1. The lowest BCUT2D eigenvalue weighted by atomic mass is 9.76. The number of halogens is 4. The van der Waals surface area contributed by atoms with Crippen molar-refractivity contribution < 1.29 is 46.6 Å². The molecule has 170 valence electrons. The largest absolute Gasteiger partial charge is 0.422 e. The number of imide groups is 1. The van der Waals surface area contributed by atoms with Gasteiger partial charge in [-0.05, 0) is 24.3 Å². The number of esters is 2. The van der Waals surface area contributed by atoms with Gasteiger partial charge >= 0.3 is 18.1 Å². The minimum absolute atomic E-state index is 0.322. The molecule has 8 nitrogen and oxygen atoms in total. The molecule has 2 saturated heterocycles. The van der Waals surface area contributed by atoms with E-state index >= 15 is 0 Å². The van der Waals surface area contributed by atoms with Gasteiger partial charge in [0.2, 0.25) is 11.8 Å². The number of amides is 2. The van der Waals surface area contributed by atoms with Crippen LogP contribution in [0.2, 0.25) is 5.02 Å². The van der Waals surface area contributed by atoms with E-state index in [2.05, 4.69) is 0 Å². The van der Waals surface area contributed by atoms with E-state index in [0.29, 0.717) is 11.0 Å². The Balaban J connectivity index is 1.76. The number of rotatable bonds is 4. The fourth-order valence-electron chi connectivity index (χ4n) is 4.34. The van der Waals surface area contributed by atoms with Crippen LogP contribution in [0.3, 0.4) is 0 Å². The van der Waals surface area contributed by atoms with E-state index < -0.39 is 70.3 Å². The maximum absolute atomic E-state index is 13.3. The molecule has 2 amide bonds. The quantitative estimate of drug-likeness (QED) is 0.287. The molecule has 3 heterocycles. The summed E-state index contributed by atoms with van der Waals surface area (Å²) in [5.41, 5.74) is -3.33. The molecule has 0 spiro atoms. The maximum atomic E-state index is 13.3. The molecule has 3 aliphatic heterocycles. The average Bonchev–Trinajstić information content (AvgIpc) is 3.32. The second-order valence-electron chi connectivity index (χ2n) is 7.52. The first-order chi connectivity index (χ1) is 14.9. The average molecular weight is 474 g/mol. The monoisotopic (exact) mass is 473 g/mol. The first-order valence-corrected chi connectivity index (χ1v) is 9.71. The van der Waals surface area contributed by atoms with Crippen LogP contribution in [-0.4, -0.2) is 41.7 Å². The Morgan fingerprint density at radius 2 is 1.78 bits per heavy atom. The lowest BCUT2D eigenvalue weighted by molar-refractivity contribution is -0.226. The fourth-order valence-corrected chi connectivity index (χ4v) is 4.57. The SMILES string of the molecule is CC(=O)OC(OC(C)=O)[C@]12C=C[C@H](O1)[C@H]1C(=O)N(c3ccc(Cl)c(C(F)(F)F)c3)C(=O)[C@@H]12. The standard InChI is InChI=1S/C20H15ClF3NO7/c1-8(26)30-18(31-9(2)27)19-6-5-13(32-19)14-15(19)17(29)25(16(14)28)10-3-4-12(21)11(7-10)20(22,23)24/h3-7,13-15,18H,1-2H3/t13-,14+,15+,19+/m0/s1. The van der Waals surface area contributed by atoms with E-state index in [9.17, 15) is 32.3 Å². The molecule has 1 aromatic carbocycles. The van der Waals surface area contributed by atoms with E-state index in [1.54, 1.807) is 0 Å². The van der Waals surface area contributed by atoms with Crippen LogP contribution < -0.4 is 4.90 Å². The van der Waals surface area contributed by atoms with Crippen LogP contribution in [0.1, 0.15) is 19.4 Å². The molecule has 1 aromatic rings. The van der Waals surface area contributed by atoms with E-state index in [1.165, 1.54) is 12.2 Å². The van der Waals surface area contributed by atoms with E-state index in [0.717, 1.165) is 26.0 Å². The number of hydrogen-bond acceptors (Lipinski definition) is 7. The maximum Gasteiger partial charge on any atom is 0.417 e. The summed E-state index contributed by atoms with van der Waals surface area (Å²) < 4.78 is 55.8. The number of benzene rings is 1. The summed E-state index contributed by atoms with van der Waals surface area (Å²) in [5.74, 6) is -5.75. The molecule has 0 radical (unpaired) electrons. The van der Waals surface area contributed by atoms with Crippen molar-refractivity contribution in [2.45, 2.75) is 38.0 Å². The van der Waals surface area contributed by atoms with E-state index in [4.69, 9.17) is 25.8 Å². The van der Waals surface area contributed by atoms with Gasteiger partial charge in [0.25, 0.3) is 6.29 Å². The van der Waals surface area contributed by atoms with Gasteiger partial charge in [0, 0.05) is 13.8 Å². The minimum atomic E-state index is -4.81. The van der Waals surface area contributed by atoms with Crippen LogP contribution in [0.4, 0.5) is 18.9 Å². The molecular weight excluding hydrogens is 459 g/mol. The van der Waals surface area contributed by atoms with Crippen molar-refractivity contribution in [1.29, 1.82) is 0 Å². The highest BCUT2D eigenvalue weighted by atomic mass is 35.5. The highest BCUT2D eigenvalue weighted by Crippen LogP contribution is 2.55. The molecule has 0 N–H and O–H groups in total. The van der Waals surface area contributed by atoms with Crippen LogP contribution >= 0.6 is 11.6 Å². The Morgan fingerprint density at radius 3 is 2.34 bits per heavy atom. The smallest absolute Gasteiger partial charge is 0.417 e. The highest BCUT2D eigenvalue weighted by molar-refractivity contribution is 6.31. The first kappa shape index (κ1) is 22.3. The zero-order valence-corrected chi connectivity index (χ0v) is 17.3. The number of alkyl halides is 3. The van der Waals surface area contributed by atoms with Crippen LogP contribution in [-0.2, 0) is 39.6 Å². The van der Waals surface area contributed by atoms with Crippen LogP contribution in [0.5, 0.6) is 0 Å². The number of hydrogen-bond donors (Lipinski definition) is 0. The third-order valence-electron chi connectivity index (χ3n) is 5.51. The number of carbonyl (C=O) groups excluding carboxylic acids is 4. The molecule has 4 atom stereocenters. The van der Waals surface area contributed by atoms with Crippen molar-refractivity contribution in [2.75, 3.05) is 4.90 Å². The Kier molecular flexibility index (Phi) is 5.09. The summed E-state index contributed by atoms with van der Waals surface area (Å²) in [4.78, 5) is 50.2. The van der Waals surface area contributed by atoms with E-state index in [-0.39, 0.29) is 5.69 Å². The third kappa shape index (κ3) is 3.27. The van der Waals surface area contributed by atoms with Crippen molar-refractivity contribution >= 4 is 41.0 Å². The Bertz CT molecular complexity index is 1060. The van der Waals surface area contributed by atoms with Crippen molar-refractivity contribution in [1.82, 2.24) is 0 Å². The van der Waals surface area contributed by atoms with Gasteiger partial charge in [-0.15, -0.1) is 0 Å². The van der Waals surface area contributed by atoms with Crippen molar-refractivity contribution in [3.05, 3.63) is 40.9 Å². The molecule has 12 heteroatoms. The van der Waals surface area contributed by atoms with Gasteiger partial charge in [-0.1, -0.05) is 17.7 Å². The summed E-state index contributed by atoms with van der Waals surface area (Å²) in [5, 5.41) is -0.591. The number of fused-ring (bicyclic) bond motifs is 5. The van der Waals surface area contributed by atoms with Gasteiger partial charge in [0.05, 0.1) is 34.2 Å². The van der Waals surface area contributed by atoms with Gasteiger partial charge < -0.3 is 14.2 Å². The summed E-state index contributed by atoms with van der Waals surface area (Å²) in [6.45, 7) is 2.10. The Hall–Kier alpha value is -2.92. The molecule has 32 heavy (non-hydrogen) atoms. The van der Waals surface area contributed by atoms with Crippen molar-refractivity contribution in [2.24, 2.45) is 11.8 Å².